The Balaban J connectivity index is 1.76. The number of rotatable bonds is 8. The highest BCUT2D eigenvalue weighted by molar-refractivity contribution is 9.10. The zero-order chi connectivity index (χ0) is 23.8. The van der Waals surface area contributed by atoms with Gasteiger partial charge in [0, 0.05) is 15.6 Å². The van der Waals surface area contributed by atoms with Crippen LogP contribution in [-0.4, -0.2) is 39.4 Å². The molecule has 3 aromatic carbocycles. The van der Waals surface area contributed by atoms with Gasteiger partial charge in [0.25, 0.3) is 5.91 Å². The molecule has 0 radical (unpaired) electrons. The second-order valence-corrected chi connectivity index (χ2v) is 7.49. The predicted octanol–water partition coefficient (Wildman–Crippen LogP) is 4.46. The van der Waals surface area contributed by atoms with E-state index < -0.39 is 11.9 Å². The maximum absolute atomic E-state index is 12.7. The molecule has 3 aromatic rings. The quantitative estimate of drug-likeness (QED) is 0.207. The fourth-order valence-electron chi connectivity index (χ4n) is 2.82. The van der Waals surface area contributed by atoms with Crippen molar-refractivity contribution in [3.8, 4) is 23.0 Å². The van der Waals surface area contributed by atoms with E-state index in [1.165, 1.54) is 33.6 Å². The van der Waals surface area contributed by atoms with Gasteiger partial charge in [-0.1, -0.05) is 22.0 Å². The number of carbonyl (C=O) groups excluding carboxylic acids is 2. The van der Waals surface area contributed by atoms with Crippen LogP contribution in [0.4, 0.5) is 0 Å². The number of hydrogen-bond acceptors (Lipinski definition) is 7. The molecule has 0 aliphatic carbocycles. The number of esters is 1. The third kappa shape index (κ3) is 6.11. The van der Waals surface area contributed by atoms with Crippen LogP contribution in [0.5, 0.6) is 23.0 Å². The summed E-state index contributed by atoms with van der Waals surface area (Å²) in [7, 11) is 4.51. The number of hydrazone groups is 1. The molecule has 1 amide bonds. The number of amides is 1. The standard InChI is InChI=1S/C24H21BrN2O6/c1-30-19-6-4-5-15(12-19)23(28)27-26-14-17-11-18(25)8-10-20(17)33-24(29)16-7-9-21(31-2)22(13-16)32-3/h4-14H,1-3H3,(H,27,28)/b26-14-. The van der Waals surface area contributed by atoms with Crippen molar-refractivity contribution in [2.45, 2.75) is 0 Å². The van der Waals surface area contributed by atoms with Gasteiger partial charge in [-0.3, -0.25) is 4.79 Å². The molecular formula is C24H21BrN2O6. The van der Waals surface area contributed by atoms with Crippen LogP contribution in [0.15, 0.2) is 70.2 Å². The summed E-state index contributed by atoms with van der Waals surface area (Å²) >= 11 is 3.38. The van der Waals surface area contributed by atoms with Gasteiger partial charge in [-0.25, -0.2) is 10.2 Å². The molecule has 8 nitrogen and oxygen atoms in total. The predicted molar refractivity (Wildman–Crippen MR) is 127 cm³/mol. The first kappa shape index (κ1) is 23.8. The molecule has 0 unspecified atom stereocenters. The number of methoxy groups -OCH3 is 3. The summed E-state index contributed by atoms with van der Waals surface area (Å²) in [5.41, 5.74) is 3.59. The maximum Gasteiger partial charge on any atom is 0.343 e. The van der Waals surface area contributed by atoms with Crippen molar-refractivity contribution < 1.29 is 28.5 Å². The van der Waals surface area contributed by atoms with E-state index >= 15 is 0 Å². The van der Waals surface area contributed by atoms with Gasteiger partial charge < -0.3 is 18.9 Å². The SMILES string of the molecule is COc1cccc(C(=O)N/N=C\c2cc(Br)ccc2OC(=O)c2ccc(OC)c(OC)c2)c1. The smallest absolute Gasteiger partial charge is 0.343 e. The lowest BCUT2D eigenvalue weighted by Gasteiger charge is -2.11. The first-order chi connectivity index (χ1) is 15.9. The van der Waals surface area contributed by atoms with Gasteiger partial charge in [0.1, 0.15) is 11.5 Å². The van der Waals surface area contributed by atoms with Crippen LogP contribution in [-0.2, 0) is 0 Å². The summed E-state index contributed by atoms with van der Waals surface area (Å²) in [6.07, 6.45) is 1.39. The minimum absolute atomic E-state index is 0.261. The topological polar surface area (TPSA) is 95.5 Å². The Bertz CT molecular complexity index is 1200. The molecule has 3 rings (SSSR count). The van der Waals surface area contributed by atoms with E-state index in [0.29, 0.717) is 28.4 Å². The van der Waals surface area contributed by atoms with E-state index in [2.05, 4.69) is 26.5 Å². The van der Waals surface area contributed by atoms with Gasteiger partial charge in [-0.15, -0.1) is 0 Å². The zero-order valence-corrected chi connectivity index (χ0v) is 19.7. The third-order valence-corrected chi connectivity index (χ3v) is 4.99. The molecule has 0 aromatic heterocycles. The molecular weight excluding hydrogens is 492 g/mol. The Morgan fingerprint density at radius 3 is 2.33 bits per heavy atom. The monoisotopic (exact) mass is 512 g/mol. The molecule has 1 N–H and O–H groups in total. The van der Waals surface area contributed by atoms with Crippen molar-refractivity contribution in [2.75, 3.05) is 21.3 Å². The fourth-order valence-corrected chi connectivity index (χ4v) is 3.20. The molecule has 0 bridgehead atoms. The van der Waals surface area contributed by atoms with Crippen molar-refractivity contribution in [2.24, 2.45) is 5.10 Å². The molecule has 0 aliphatic rings. The molecule has 9 heteroatoms. The first-order valence-corrected chi connectivity index (χ1v) is 10.5. The Morgan fingerprint density at radius 1 is 0.848 bits per heavy atom. The molecule has 0 fully saturated rings. The summed E-state index contributed by atoms with van der Waals surface area (Å²) in [6.45, 7) is 0. The van der Waals surface area contributed by atoms with Crippen LogP contribution in [0.2, 0.25) is 0 Å². The average molecular weight is 513 g/mol. The third-order valence-electron chi connectivity index (χ3n) is 4.50. The lowest BCUT2D eigenvalue weighted by molar-refractivity contribution is 0.0733. The van der Waals surface area contributed by atoms with E-state index in [9.17, 15) is 9.59 Å². The van der Waals surface area contributed by atoms with Crippen LogP contribution < -0.4 is 24.4 Å². The molecule has 0 saturated heterocycles. The Kier molecular flexibility index (Phi) is 8.04. The van der Waals surface area contributed by atoms with Crippen LogP contribution in [0.3, 0.4) is 0 Å². The Labute approximate surface area is 199 Å². The minimum Gasteiger partial charge on any atom is -0.497 e. The number of hydrogen-bond donors (Lipinski definition) is 1. The van der Waals surface area contributed by atoms with Crippen molar-refractivity contribution in [3.05, 3.63) is 81.8 Å². The maximum atomic E-state index is 12.7. The Hall–Kier alpha value is -3.85. The van der Waals surface area contributed by atoms with Crippen molar-refractivity contribution in [1.82, 2.24) is 5.43 Å². The van der Waals surface area contributed by atoms with Gasteiger partial charge in [-0.2, -0.15) is 5.10 Å². The number of halogens is 1. The number of nitrogens with one attached hydrogen (secondary N) is 1. The van der Waals surface area contributed by atoms with Crippen LogP contribution in [0, 0.1) is 0 Å². The number of carbonyl (C=O) groups is 2. The average Bonchev–Trinajstić information content (AvgIpc) is 2.84. The largest absolute Gasteiger partial charge is 0.497 e. The molecule has 0 spiro atoms. The van der Waals surface area contributed by atoms with E-state index in [1.807, 2.05) is 0 Å². The zero-order valence-electron chi connectivity index (χ0n) is 18.1. The number of benzene rings is 3. The minimum atomic E-state index is -0.589. The molecule has 0 aliphatic heterocycles. The van der Waals surface area contributed by atoms with Crippen molar-refractivity contribution in [3.63, 3.8) is 0 Å². The molecule has 0 heterocycles. The second-order valence-electron chi connectivity index (χ2n) is 6.57. The lowest BCUT2D eigenvalue weighted by atomic mass is 10.2. The first-order valence-electron chi connectivity index (χ1n) is 9.66. The lowest BCUT2D eigenvalue weighted by Crippen LogP contribution is -2.17. The van der Waals surface area contributed by atoms with Crippen molar-refractivity contribution in [1.29, 1.82) is 0 Å². The molecule has 33 heavy (non-hydrogen) atoms. The number of nitrogens with zero attached hydrogens (tertiary/aromatic N) is 1. The highest BCUT2D eigenvalue weighted by Gasteiger charge is 2.15. The summed E-state index contributed by atoms with van der Waals surface area (Å²) < 4.78 is 21.8. The van der Waals surface area contributed by atoms with Gasteiger partial charge in [0.15, 0.2) is 11.5 Å². The van der Waals surface area contributed by atoms with Gasteiger partial charge in [0.2, 0.25) is 0 Å². The van der Waals surface area contributed by atoms with E-state index in [4.69, 9.17) is 18.9 Å². The summed E-state index contributed by atoms with van der Waals surface area (Å²) in [4.78, 5) is 25.0. The summed E-state index contributed by atoms with van der Waals surface area (Å²) in [6, 6.07) is 16.5. The highest BCUT2D eigenvalue weighted by Crippen LogP contribution is 2.29. The molecule has 0 atom stereocenters. The van der Waals surface area contributed by atoms with Crippen LogP contribution >= 0.6 is 15.9 Å². The molecule has 0 saturated carbocycles. The summed E-state index contributed by atoms with van der Waals surface area (Å²) in [5.74, 6) is 0.722. The van der Waals surface area contributed by atoms with Gasteiger partial charge in [-0.05, 0) is 54.6 Å². The van der Waals surface area contributed by atoms with Crippen LogP contribution in [0.1, 0.15) is 26.3 Å². The Morgan fingerprint density at radius 2 is 1.61 bits per heavy atom. The van der Waals surface area contributed by atoms with Gasteiger partial charge >= 0.3 is 5.97 Å². The van der Waals surface area contributed by atoms with Crippen molar-refractivity contribution >= 4 is 34.0 Å². The fraction of sp³-hybridized carbons (Fsp3) is 0.125. The summed E-state index contributed by atoms with van der Waals surface area (Å²) in [5, 5.41) is 3.99. The van der Waals surface area contributed by atoms with Gasteiger partial charge in [0.05, 0.1) is 33.1 Å². The highest BCUT2D eigenvalue weighted by atomic mass is 79.9. The van der Waals surface area contributed by atoms with E-state index in [0.717, 1.165) is 4.47 Å². The number of ether oxygens (including phenoxy) is 4. The molecule has 170 valence electrons. The normalized spacial score (nSPS) is 10.5. The second kappa shape index (κ2) is 11.1. The van der Waals surface area contributed by atoms with E-state index in [1.54, 1.807) is 54.6 Å². The van der Waals surface area contributed by atoms with E-state index in [-0.39, 0.29) is 11.3 Å². The van der Waals surface area contributed by atoms with Crippen LogP contribution in [0.25, 0.3) is 0 Å².